The second-order valence-corrected chi connectivity index (χ2v) is 7.27. The Balaban J connectivity index is 3.44. The number of benzene rings is 1. The number of amides is 2. The van der Waals surface area contributed by atoms with Gasteiger partial charge < -0.3 is 19.5 Å². The van der Waals surface area contributed by atoms with Crippen molar-refractivity contribution in [2.45, 2.75) is 47.6 Å². The van der Waals surface area contributed by atoms with E-state index in [1.807, 2.05) is 0 Å². The molecule has 10 heteroatoms. The van der Waals surface area contributed by atoms with Crippen LogP contribution in [0.2, 0.25) is 0 Å². The molecular formula is C23H32N2O8. The molecule has 0 aliphatic rings. The van der Waals surface area contributed by atoms with E-state index in [2.05, 4.69) is 5.32 Å². The van der Waals surface area contributed by atoms with E-state index in [1.165, 1.54) is 30.0 Å². The van der Waals surface area contributed by atoms with Crippen molar-refractivity contribution in [2.75, 3.05) is 31.3 Å². The number of carbonyl (C=O) groups is 5. The van der Waals surface area contributed by atoms with Crippen molar-refractivity contribution in [3.05, 3.63) is 29.3 Å². The minimum Gasteiger partial charge on any atom is -0.465 e. The van der Waals surface area contributed by atoms with Gasteiger partial charge in [0.15, 0.2) is 0 Å². The van der Waals surface area contributed by atoms with E-state index in [1.54, 1.807) is 34.6 Å². The van der Waals surface area contributed by atoms with Gasteiger partial charge >= 0.3 is 17.9 Å². The largest absolute Gasteiger partial charge is 0.465 e. The molecule has 0 heterocycles. The van der Waals surface area contributed by atoms with Crippen LogP contribution in [0.3, 0.4) is 0 Å². The Labute approximate surface area is 193 Å². The van der Waals surface area contributed by atoms with Crippen molar-refractivity contribution in [3.63, 3.8) is 0 Å². The van der Waals surface area contributed by atoms with Crippen LogP contribution in [0.25, 0.3) is 0 Å². The zero-order valence-corrected chi connectivity index (χ0v) is 19.9. The van der Waals surface area contributed by atoms with Gasteiger partial charge in [0, 0.05) is 12.6 Å². The molecule has 0 aromatic heterocycles. The normalized spacial score (nSPS) is 11.4. The van der Waals surface area contributed by atoms with Crippen LogP contribution in [-0.2, 0) is 28.6 Å². The summed E-state index contributed by atoms with van der Waals surface area (Å²) in [5, 5.41) is 2.48. The fourth-order valence-electron chi connectivity index (χ4n) is 3.18. The van der Waals surface area contributed by atoms with Gasteiger partial charge in [-0.2, -0.15) is 0 Å². The number of nitrogens with one attached hydrogen (secondary N) is 1. The Hall–Kier alpha value is -3.43. The summed E-state index contributed by atoms with van der Waals surface area (Å²) in [6.45, 7) is 9.67. The summed E-state index contributed by atoms with van der Waals surface area (Å²) in [5.41, 5.74) is 0.104. The molecule has 0 fully saturated rings. The number of nitrogens with zero attached hydrogens (tertiary/aromatic N) is 1. The van der Waals surface area contributed by atoms with Crippen molar-refractivity contribution in [1.29, 1.82) is 0 Å². The number of hydrogen-bond donors (Lipinski definition) is 1. The summed E-state index contributed by atoms with van der Waals surface area (Å²) in [6, 6.07) is 3.12. The first-order valence-corrected chi connectivity index (χ1v) is 10.8. The van der Waals surface area contributed by atoms with E-state index < -0.39 is 35.8 Å². The third-order valence-electron chi connectivity index (χ3n) is 4.50. The maximum atomic E-state index is 12.9. The third kappa shape index (κ3) is 7.58. The zero-order valence-electron chi connectivity index (χ0n) is 19.9. The minimum absolute atomic E-state index is 0.0181. The standard InChI is InChI=1S/C23H32N2O8/c1-7-31-19(27)13-24-21(28)20(14(4)5)25(15(6)26)16-10-11-17(22(29)32-8-2)18(12-16)23(30)33-9-3/h10-12,14,20H,7-9,13H2,1-6H3,(H,24,28). The molecule has 0 saturated carbocycles. The van der Waals surface area contributed by atoms with Crippen LogP contribution in [0.5, 0.6) is 0 Å². The molecule has 1 unspecified atom stereocenters. The van der Waals surface area contributed by atoms with Crippen molar-refractivity contribution in [2.24, 2.45) is 5.92 Å². The predicted octanol–water partition coefficient (Wildman–Crippen LogP) is 2.10. The van der Waals surface area contributed by atoms with Crippen LogP contribution in [0.15, 0.2) is 18.2 Å². The van der Waals surface area contributed by atoms with Gasteiger partial charge in [0.25, 0.3) is 0 Å². The Morgan fingerprint density at radius 3 is 1.91 bits per heavy atom. The topological polar surface area (TPSA) is 128 Å². The Kier molecular flexibility index (Phi) is 11.0. The molecular weight excluding hydrogens is 432 g/mol. The second-order valence-electron chi connectivity index (χ2n) is 7.27. The number of hydrogen-bond acceptors (Lipinski definition) is 8. The van der Waals surface area contributed by atoms with Crippen LogP contribution < -0.4 is 10.2 Å². The molecule has 33 heavy (non-hydrogen) atoms. The highest BCUT2D eigenvalue weighted by Gasteiger charge is 2.33. The van der Waals surface area contributed by atoms with Crippen molar-refractivity contribution >= 4 is 35.4 Å². The van der Waals surface area contributed by atoms with Crippen molar-refractivity contribution < 1.29 is 38.2 Å². The third-order valence-corrected chi connectivity index (χ3v) is 4.50. The molecule has 0 spiro atoms. The highest BCUT2D eigenvalue weighted by molar-refractivity contribution is 6.06. The van der Waals surface area contributed by atoms with E-state index in [4.69, 9.17) is 14.2 Å². The van der Waals surface area contributed by atoms with Crippen LogP contribution in [0, 0.1) is 5.92 Å². The lowest BCUT2D eigenvalue weighted by Gasteiger charge is -2.33. The molecule has 10 nitrogen and oxygen atoms in total. The molecule has 0 bridgehead atoms. The molecule has 1 aromatic rings. The molecule has 0 aliphatic heterocycles. The maximum Gasteiger partial charge on any atom is 0.339 e. The predicted molar refractivity (Wildman–Crippen MR) is 120 cm³/mol. The SMILES string of the molecule is CCOC(=O)CNC(=O)C(C(C)C)N(C(C)=O)c1ccc(C(=O)OCC)c(C(=O)OCC)c1. The zero-order chi connectivity index (χ0) is 25.1. The fourth-order valence-corrected chi connectivity index (χ4v) is 3.18. The summed E-state index contributed by atoms with van der Waals surface area (Å²) < 4.78 is 14.9. The number of anilines is 1. The lowest BCUT2D eigenvalue weighted by molar-refractivity contribution is -0.143. The van der Waals surface area contributed by atoms with E-state index in [9.17, 15) is 24.0 Å². The Morgan fingerprint density at radius 2 is 1.42 bits per heavy atom. The number of esters is 3. The van der Waals surface area contributed by atoms with Gasteiger partial charge in [0.05, 0.1) is 30.9 Å². The molecule has 1 N–H and O–H groups in total. The average molecular weight is 465 g/mol. The summed E-state index contributed by atoms with van der Waals surface area (Å²) in [6.07, 6.45) is 0. The summed E-state index contributed by atoms with van der Waals surface area (Å²) in [7, 11) is 0. The van der Waals surface area contributed by atoms with Gasteiger partial charge in [-0.25, -0.2) is 9.59 Å². The first-order valence-electron chi connectivity index (χ1n) is 10.8. The molecule has 0 saturated heterocycles. The first kappa shape index (κ1) is 27.6. The molecule has 1 aromatic carbocycles. The van der Waals surface area contributed by atoms with E-state index >= 15 is 0 Å². The smallest absolute Gasteiger partial charge is 0.339 e. The minimum atomic E-state index is -1.000. The van der Waals surface area contributed by atoms with Crippen LogP contribution in [0.1, 0.15) is 62.3 Å². The first-order chi connectivity index (χ1) is 15.6. The molecule has 182 valence electrons. The van der Waals surface area contributed by atoms with E-state index in [0.717, 1.165) is 0 Å². The van der Waals surface area contributed by atoms with Crippen LogP contribution in [0.4, 0.5) is 5.69 Å². The molecule has 0 radical (unpaired) electrons. The molecule has 1 atom stereocenters. The van der Waals surface area contributed by atoms with Crippen LogP contribution in [-0.4, -0.2) is 62.1 Å². The Morgan fingerprint density at radius 1 is 0.879 bits per heavy atom. The highest BCUT2D eigenvalue weighted by Crippen LogP contribution is 2.26. The van der Waals surface area contributed by atoms with Crippen molar-refractivity contribution in [1.82, 2.24) is 5.32 Å². The number of rotatable bonds is 11. The molecule has 0 aliphatic carbocycles. The molecule has 2 amide bonds. The second kappa shape index (κ2) is 13.2. The van der Waals surface area contributed by atoms with Gasteiger partial charge in [-0.15, -0.1) is 0 Å². The summed E-state index contributed by atoms with van der Waals surface area (Å²) in [4.78, 5) is 63.2. The number of ether oxygens (including phenoxy) is 3. The summed E-state index contributed by atoms with van der Waals surface area (Å²) >= 11 is 0. The van der Waals surface area contributed by atoms with Gasteiger partial charge in [0.1, 0.15) is 12.6 Å². The van der Waals surface area contributed by atoms with Gasteiger partial charge in [0.2, 0.25) is 11.8 Å². The quantitative estimate of drug-likeness (QED) is 0.389. The van der Waals surface area contributed by atoms with Crippen molar-refractivity contribution in [3.8, 4) is 0 Å². The lowest BCUT2D eigenvalue weighted by Crippen LogP contribution is -2.53. The van der Waals surface area contributed by atoms with E-state index in [0.29, 0.717) is 0 Å². The van der Waals surface area contributed by atoms with Gasteiger partial charge in [-0.1, -0.05) is 13.8 Å². The van der Waals surface area contributed by atoms with Crippen LogP contribution >= 0.6 is 0 Å². The van der Waals surface area contributed by atoms with E-state index in [-0.39, 0.29) is 49.1 Å². The molecule has 1 rings (SSSR count). The summed E-state index contributed by atoms with van der Waals surface area (Å²) in [5.74, 6) is -3.48. The maximum absolute atomic E-state index is 12.9. The number of carbonyl (C=O) groups excluding carboxylic acids is 5. The highest BCUT2D eigenvalue weighted by atomic mass is 16.5. The average Bonchev–Trinajstić information content (AvgIpc) is 2.75. The lowest BCUT2D eigenvalue weighted by atomic mass is 9.99. The van der Waals surface area contributed by atoms with Gasteiger partial charge in [-0.3, -0.25) is 19.3 Å². The Bertz CT molecular complexity index is 881. The fraction of sp³-hybridized carbons (Fsp3) is 0.522. The monoisotopic (exact) mass is 464 g/mol. The van der Waals surface area contributed by atoms with Gasteiger partial charge in [-0.05, 0) is 44.9 Å².